The van der Waals surface area contributed by atoms with Crippen LogP contribution in [0.3, 0.4) is 0 Å². The minimum atomic E-state index is -0.477. The zero-order valence-electron chi connectivity index (χ0n) is 11.2. The largest absolute Gasteiger partial charge is 0.424 e. The molecule has 1 aromatic carbocycles. The predicted octanol–water partition coefficient (Wildman–Crippen LogP) is 5.17. The second-order valence-electron chi connectivity index (χ2n) is 4.10. The molecule has 0 amide bonds. The summed E-state index contributed by atoms with van der Waals surface area (Å²) in [4.78, 5) is 12.0. The maximum absolute atomic E-state index is 12.0. The van der Waals surface area contributed by atoms with Gasteiger partial charge in [-0.15, -0.1) is 17.0 Å². The maximum atomic E-state index is 12.0. The van der Waals surface area contributed by atoms with Gasteiger partial charge in [0.05, 0.1) is 15.6 Å². The molecule has 0 aliphatic rings. The highest BCUT2D eigenvalue weighted by molar-refractivity contribution is 9.11. The van der Waals surface area contributed by atoms with Crippen molar-refractivity contribution in [3.8, 4) is 0 Å². The number of halogens is 4. The Labute approximate surface area is 147 Å². The van der Waals surface area contributed by atoms with E-state index in [1.165, 1.54) is 6.07 Å². The molecule has 112 valence electrons. The molecule has 0 aliphatic carbocycles. The van der Waals surface area contributed by atoms with Gasteiger partial charge in [-0.25, -0.2) is 4.79 Å². The van der Waals surface area contributed by atoms with E-state index in [9.17, 15) is 4.79 Å². The third-order valence-electron chi connectivity index (χ3n) is 2.32. The van der Waals surface area contributed by atoms with Crippen LogP contribution in [0.25, 0.3) is 0 Å². The van der Waals surface area contributed by atoms with E-state index in [2.05, 4.69) is 21.2 Å². The molecule has 0 aliphatic heterocycles. The maximum Gasteiger partial charge on any atom is 0.343 e. The van der Waals surface area contributed by atoms with Crippen molar-refractivity contribution in [3.05, 3.63) is 44.2 Å². The molecular formula is C13H15Br2Cl2NO2. The van der Waals surface area contributed by atoms with E-state index in [-0.39, 0.29) is 22.9 Å². The molecule has 0 radical (unpaired) electrons. The minimum Gasteiger partial charge on any atom is -0.424 e. The minimum absolute atomic E-state index is 0. The summed E-state index contributed by atoms with van der Waals surface area (Å²) in [5, 5.41) is 3.61. The van der Waals surface area contributed by atoms with Crippen LogP contribution in [0.5, 0.6) is 0 Å². The van der Waals surface area contributed by atoms with E-state index in [4.69, 9.17) is 27.9 Å². The van der Waals surface area contributed by atoms with Gasteiger partial charge in [-0.3, -0.25) is 0 Å². The standard InChI is InChI=1S/C13H14BrCl2NO2.BrH/c1-7(2)11(12(14)17-3)19-13(18)8-4-5-9(15)10(16)6-8;/h4-7,17H,1-3H3;1H. The Morgan fingerprint density at radius 1 is 1.30 bits per heavy atom. The van der Waals surface area contributed by atoms with Crippen LogP contribution in [0.2, 0.25) is 10.0 Å². The summed E-state index contributed by atoms with van der Waals surface area (Å²) >= 11 is 15.0. The van der Waals surface area contributed by atoms with E-state index in [1.54, 1.807) is 19.2 Å². The summed E-state index contributed by atoms with van der Waals surface area (Å²) in [5.41, 5.74) is 0.351. The molecule has 0 heterocycles. The van der Waals surface area contributed by atoms with Crippen LogP contribution in [0, 0.1) is 5.92 Å². The smallest absolute Gasteiger partial charge is 0.343 e. The van der Waals surface area contributed by atoms with Gasteiger partial charge in [-0.1, -0.05) is 37.0 Å². The zero-order chi connectivity index (χ0) is 14.6. The van der Waals surface area contributed by atoms with E-state index < -0.39 is 5.97 Å². The quantitative estimate of drug-likeness (QED) is 0.393. The first kappa shape index (κ1) is 19.8. The summed E-state index contributed by atoms with van der Waals surface area (Å²) in [6, 6.07) is 4.62. The number of carbonyl (C=O) groups excluding carboxylic acids is 1. The number of hydrogen-bond acceptors (Lipinski definition) is 3. The Morgan fingerprint density at radius 2 is 1.90 bits per heavy atom. The molecule has 0 unspecified atom stereocenters. The first-order chi connectivity index (χ1) is 8.86. The number of carbonyl (C=O) groups is 1. The second kappa shape index (κ2) is 8.93. The van der Waals surface area contributed by atoms with Crippen LogP contribution in [0.4, 0.5) is 0 Å². The van der Waals surface area contributed by atoms with Crippen LogP contribution >= 0.6 is 56.1 Å². The number of nitrogens with one attached hydrogen (secondary N) is 1. The fraction of sp³-hybridized carbons (Fsp3) is 0.308. The number of hydrogen-bond donors (Lipinski definition) is 1. The zero-order valence-corrected chi connectivity index (χ0v) is 16.0. The van der Waals surface area contributed by atoms with Crippen molar-refractivity contribution >= 4 is 62.1 Å². The predicted molar refractivity (Wildman–Crippen MR) is 92.1 cm³/mol. The summed E-state index contributed by atoms with van der Waals surface area (Å²) in [6.07, 6.45) is 0. The molecule has 0 fully saturated rings. The van der Waals surface area contributed by atoms with Gasteiger partial charge in [0, 0.05) is 13.0 Å². The number of rotatable bonds is 4. The first-order valence-electron chi connectivity index (χ1n) is 5.61. The van der Waals surface area contributed by atoms with Crippen molar-refractivity contribution in [2.45, 2.75) is 13.8 Å². The molecule has 3 nitrogen and oxygen atoms in total. The third kappa shape index (κ3) is 5.28. The SMILES string of the molecule is Br.CNC(Br)=C(OC(=O)c1ccc(Cl)c(Cl)c1)C(C)C. The van der Waals surface area contributed by atoms with Gasteiger partial charge in [0.2, 0.25) is 0 Å². The van der Waals surface area contributed by atoms with E-state index in [0.717, 1.165) is 0 Å². The molecule has 0 atom stereocenters. The summed E-state index contributed by atoms with van der Waals surface area (Å²) in [6.45, 7) is 3.85. The van der Waals surface area contributed by atoms with E-state index in [1.807, 2.05) is 13.8 Å². The molecule has 20 heavy (non-hydrogen) atoms. The Bertz CT molecular complexity index is 519. The van der Waals surface area contributed by atoms with Gasteiger partial charge in [-0.2, -0.15) is 0 Å². The van der Waals surface area contributed by atoms with Gasteiger partial charge in [0.15, 0.2) is 0 Å². The highest BCUT2D eigenvalue weighted by atomic mass is 79.9. The van der Waals surface area contributed by atoms with E-state index in [0.29, 0.717) is 26.0 Å². The van der Waals surface area contributed by atoms with Gasteiger partial charge in [-0.05, 0) is 34.1 Å². The first-order valence-corrected chi connectivity index (χ1v) is 7.16. The molecule has 0 saturated carbocycles. The Balaban J connectivity index is 0.00000361. The van der Waals surface area contributed by atoms with Crippen molar-refractivity contribution in [2.24, 2.45) is 5.92 Å². The van der Waals surface area contributed by atoms with Crippen LogP contribution in [0.1, 0.15) is 24.2 Å². The van der Waals surface area contributed by atoms with Gasteiger partial charge >= 0.3 is 5.97 Å². The van der Waals surface area contributed by atoms with Crippen LogP contribution < -0.4 is 5.32 Å². The lowest BCUT2D eigenvalue weighted by atomic mass is 10.2. The highest BCUT2D eigenvalue weighted by Crippen LogP contribution is 2.25. The lowest BCUT2D eigenvalue weighted by Crippen LogP contribution is -2.14. The average Bonchev–Trinajstić information content (AvgIpc) is 2.37. The topological polar surface area (TPSA) is 38.3 Å². The number of benzene rings is 1. The van der Waals surface area contributed by atoms with Crippen molar-refractivity contribution in [3.63, 3.8) is 0 Å². The van der Waals surface area contributed by atoms with Crippen LogP contribution in [-0.4, -0.2) is 13.0 Å². The summed E-state index contributed by atoms with van der Waals surface area (Å²) < 4.78 is 6.01. The third-order valence-corrected chi connectivity index (χ3v) is 3.84. The van der Waals surface area contributed by atoms with Gasteiger partial charge in [0.1, 0.15) is 10.4 Å². The second-order valence-corrected chi connectivity index (χ2v) is 5.71. The Kier molecular flexibility index (Phi) is 8.82. The van der Waals surface area contributed by atoms with Crippen molar-refractivity contribution in [1.29, 1.82) is 0 Å². The fourth-order valence-electron chi connectivity index (χ4n) is 1.32. The van der Waals surface area contributed by atoms with Crippen LogP contribution in [0.15, 0.2) is 28.6 Å². The molecule has 0 bridgehead atoms. The fourth-order valence-corrected chi connectivity index (χ4v) is 2.16. The molecule has 0 spiro atoms. The van der Waals surface area contributed by atoms with Crippen molar-refractivity contribution in [2.75, 3.05) is 7.05 Å². The molecule has 1 N–H and O–H groups in total. The lowest BCUT2D eigenvalue weighted by Gasteiger charge is -2.14. The molecular weight excluding hydrogens is 433 g/mol. The van der Waals surface area contributed by atoms with Crippen LogP contribution in [-0.2, 0) is 4.74 Å². The molecule has 7 heteroatoms. The van der Waals surface area contributed by atoms with Crippen molar-refractivity contribution in [1.82, 2.24) is 5.32 Å². The molecule has 0 aromatic heterocycles. The normalized spacial score (nSPS) is 11.6. The number of allylic oxidation sites excluding steroid dienone is 1. The van der Waals surface area contributed by atoms with E-state index >= 15 is 0 Å². The number of ether oxygens (including phenoxy) is 1. The number of esters is 1. The highest BCUT2D eigenvalue weighted by Gasteiger charge is 2.17. The lowest BCUT2D eigenvalue weighted by molar-refractivity contribution is 0.0592. The van der Waals surface area contributed by atoms with Gasteiger partial charge in [0.25, 0.3) is 0 Å². The Hall–Kier alpha value is -0.230. The molecule has 1 rings (SSSR count). The molecule has 1 aromatic rings. The van der Waals surface area contributed by atoms with Gasteiger partial charge < -0.3 is 10.1 Å². The Morgan fingerprint density at radius 3 is 2.35 bits per heavy atom. The van der Waals surface area contributed by atoms with Crippen molar-refractivity contribution < 1.29 is 9.53 Å². The summed E-state index contributed by atoms with van der Waals surface area (Å²) in [7, 11) is 1.74. The summed E-state index contributed by atoms with van der Waals surface area (Å²) in [5.74, 6) is 0.0987. The monoisotopic (exact) mass is 445 g/mol. The molecule has 0 saturated heterocycles. The average molecular weight is 448 g/mol.